The van der Waals surface area contributed by atoms with Gasteiger partial charge < -0.3 is 10.4 Å². The molecule has 66 valence electrons. The van der Waals surface area contributed by atoms with Crippen molar-refractivity contribution in [3.63, 3.8) is 0 Å². The molecular formula is C9H19NO. The average molecular weight is 157 g/mol. The van der Waals surface area contributed by atoms with E-state index in [9.17, 15) is 0 Å². The first-order chi connectivity index (χ1) is 5.24. The van der Waals surface area contributed by atoms with E-state index < -0.39 is 0 Å². The van der Waals surface area contributed by atoms with Crippen LogP contribution < -0.4 is 5.32 Å². The predicted molar refractivity (Wildman–Crippen MR) is 46.4 cm³/mol. The van der Waals surface area contributed by atoms with Crippen LogP contribution in [0.2, 0.25) is 0 Å². The maximum absolute atomic E-state index is 8.99. The van der Waals surface area contributed by atoms with Gasteiger partial charge in [0.2, 0.25) is 0 Å². The monoisotopic (exact) mass is 157 g/mol. The minimum absolute atomic E-state index is 0.303. The molecule has 11 heavy (non-hydrogen) atoms. The summed E-state index contributed by atoms with van der Waals surface area (Å²) in [5.41, 5.74) is 0. The van der Waals surface area contributed by atoms with Crippen molar-refractivity contribution in [2.24, 2.45) is 11.8 Å². The molecule has 2 N–H and O–H groups in total. The van der Waals surface area contributed by atoms with E-state index in [4.69, 9.17) is 5.11 Å². The number of hydrogen-bond donors (Lipinski definition) is 2. The van der Waals surface area contributed by atoms with Gasteiger partial charge in [-0.2, -0.15) is 0 Å². The van der Waals surface area contributed by atoms with Crippen LogP contribution >= 0.6 is 0 Å². The third kappa shape index (κ3) is 2.46. The molecule has 0 spiro atoms. The lowest BCUT2D eigenvalue weighted by atomic mass is 9.91. The van der Waals surface area contributed by atoms with Gasteiger partial charge >= 0.3 is 0 Å². The molecule has 0 aromatic heterocycles. The Bertz CT molecular complexity index is 114. The Morgan fingerprint density at radius 2 is 2.27 bits per heavy atom. The SMILES string of the molecule is CC(C)CC1CCNC1CO. The number of rotatable bonds is 3. The fourth-order valence-electron chi connectivity index (χ4n) is 1.92. The fourth-order valence-corrected chi connectivity index (χ4v) is 1.92. The predicted octanol–water partition coefficient (Wildman–Crippen LogP) is 1.00. The molecule has 0 amide bonds. The van der Waals surface area contributed by atoms with Crippen molar-refractivity contribution >= 4 is 0 Å². The molecule has 0 aromatic carbocycles. The van der Waals surface area contributed by atoms with Crippen molar-refractivity contribution in [3.8, 4) is 0 Å². The zero-order valence-corrected chi connectivity index (χ0v) is 7.51. The van der Waals surface area contributed by atoms with Gasteiger partial charge in [0, 0.05) is 6.04 Å². The van der Waals surface area contributed by atoms with Gasteiger partial charge in [0.25, 0.3) is 0 Å². The summed E-state index contributed by atoms with van der Waals surface area (Å²) in [6.07, 6.45) is 2.49. The highest BCUT2D eigenvalue weighted by atomic mass is 16.3. The molecule has 2 atom stereocenters. The molecule has 2 nitrogen and oxygen atoms in total. The molecule has 1 aliphatic rings. The van der Waals surface area contributed by atoms with Gasteiger partial charge in [-0.05, 0) is 31.2 Å². The molecule has 1 fully saturated rings. The van der Waals surface area contributed by atoms with E-state index in [0.29, 0.717) is 18.6 Å². The summed E-state index contributed by atoms with van der Waals surface area (Å²) in [6.45, 7) is 5.87. The summed E-state index contributed by atoms with van der Waals surface area (Å²) in [4.78, 5) is 0. The second kappa shape index (κ2) is 4.07. The van der Waals surface area contributed by atoms with E-state index in [1.807, 2.05) is 0 Å². The largest absolute Gasteiger partial charge is 0.395 e. The second-order valence-corrected chi connectivity index (χ2v) is 3.92. The highest BCUT2D eigenvalue weighted by molar-refractivity contribution is 4.83. The molecule has 0 saturated carbocycles. The van der Waals surface area contributed by atoms with Gasteiger partial charge in [-0.25, -0.2) is 0 Å². The molecule has 0 aromatic rings. The van der Waals surface area contributed by atoms with Crippen LogP contribution in [0.4, 0.5) is 0 Å². The zero-order chi connectivity index (χ0) is 8.27. The van der Waals surface area contributed by atoms with E-state index in [1.54, 1.807) is 0 Å². The molecule has 1 heterocycles. The molecule has 1 saturated heterocycles. The lowest BCUT2D eigenvalue weighted by Crippen LogP contribution is -2.31. The van der Waals surface area contributed by atoms with Crippen molar-refractivity contribution in [2.45, 2.75) is 32.7 Å². The maximum atomic E-state index is 8.99. The summed E-state index contributed by atoms with van der Waals surface area (Å²) in [7, 11) is 0. The Labute approximate surface area is 69.0 Å². The van der Waals surface area contributed by atoms with E-state index in [-0.39, 0.29) is 0 Å². The van der Waals surface area contributed by atoms with E-state index >= 15 is 0 Å². The first-order valence-electron chi connectivity index (χ1n) is 4.58. The summed E-state index contributed by atoms with van der Waals surface area (Å²) >= 11 is 0. The van der Waals surface area contributed by atoms with Crippen molar-refractivity contribution in [1.29, 1.82) is 0 Å². The van der Waals surface area contributed by atoms with Crippen molar-refractivity contribution in [1.82, 2.24) is 5.32 Å². The van der Waals surface area contributed by atoms with Gasteiger partial charge in [0.15, 0.2) is 0 Å². The van der Waals surface area contributed by atoms with Crippen LogP contribution in [0.1, 0.15) is 26.7 Å². The first kappa shape index (κ1) is 9.01. The summed E-state index contributed by atoms with van der Waals surface area (Å²) < 4.78 is 0. The molecule has 0 radical (unpaired) electrons. The van der Waals surface area contributed by atoms with Crippen LogP contribution in [0.3, 0.4) is 0 Å². The summed E-state index contributed by atoms with van der Waals surface area (Å²) in [6, 6.07) is 0.373. The standard InChI is InChI=1S/C9H19NO/c1-7(2)5-8-3-4-10-9(8)6-11/h7-11H,3-6H2,1-2H3. The third-order valence-corrected chi connectivity index (χ3v) is 2.46. The minimum Gasteiger partial charge on any atom is -0.395 e. The topological polar surface area (TPSA) is 32.3 Å². The van der Waals surface area contributed by atoms with Crippen LogP contribution in [0, 0.1) is 11.8 Å². The van der Waals surface area contributed by atoms with Crippen LogP contribution in [0.5, 0.6) is 0 Å². The van der Waals surface area contributed by atoms with Crippen LogP contribution in [-0.2, 0) is 0 Å². The summed E-state index contributed by atoms with van der Waals surface area (Å²) in [5.74, 6) is 1.47. The molecule has 0 aliphatic carbocycles. The van der Waals surface area contributed by atoms with Gasteiger partial charge in [0.1, 0.15) is 0 Å². The minimum atomic E-state index is 0.303. The van der Waals surface area contributed by atoms with E-state index in [0.717, 1.165) is 12.5 Å². The smallest absolute Gasteiger partial charge is 0.0587 e. The lowest BCUT2D eigenvalue weighted by molar-refractivity contribution is 0.215. The van der Waals surface area contributed by atoms with Gasteiger partial charge in [0.05, 0.1) is 6.61 Å². The van der Waals surface area contributed by atoms with E-state index in [2.05, 4.69) is 19.2 Å². The number of hydrogen-bond acceptors (Lipinski definition) is 2. The van der Waals surface area contributed by atoms with Crippen LogP contribution in [-0.4, -0.2) is 24.3 Å². The molecular weight excluding hydrogens is 138 g/mol. The van der Waals surface area contributed by atoms with E-state index in [1.165, 1.54) is 12.8 Å². The molecule has 0 bridgehead atoms. The Morgan fingerprint density at radius 1 is 1.55 bits per heavy atom. The number of nitrogens with one attached hydrogen (secondary N) is 1. The third-order valence-electron chi connectivity index (χ3n) is 2.46. The molecule has 2 unspecified atom stereocenters. The quantitative estimate of drug-likeness (QED) is 0.640. The van der Waals surface area contributed by atoms with Gasteiger partial charge in [-0.15, -0.1) is 0 Å². The van der Waals surface area contributed by atoms with Gasteiger partial charge in [-0.1, -0.05) is 13.8 Å². The number of aliphatic hydroxyl groups excluding tert-OH is 1. The highest BCUT2D eigenvalue weighted by Crippen LogP contribution is 2.22. The van der Waals surface area contributed by atoms with Crippen molar-refractivity contribution < 1.29 is 5.11 Å². The Balaban J connectivity index is 2.31. The maximum Gasteiger partial charge on any atom is 0.0587 e. The van der Waals surface area contributed by atoms with Crippen molar-refractivity contribution in [2.75, 3.05) is 13.2 Å². The lowest BCUT2D eigenvalue weighted by Gasteiger charge is -2.18. The summed E-state index contributed by atoms with van der Waals surface area (Å²) in [5, 5.41) is 12.3. The normalized spacial score (nSPS) is 31.6. The average Bonchev–Trinajstić information content (AvgIpc) is 2.34. The van der Waals surface area contributed by atoms with Crippen LogP contribution in [0.25, 0.3) is 0 Å². The van der Waals surface area contributed by atoms with Crippen LogP contribution in [0.15, 0.2) is 0 Å². The Kier molecular flexibility index (Phi) is 3.34. The van der Waals surface area contributed by atoms with Crippen molar-refractivity contribution in [3.05, 3.63) is 0 Å². The Morgan fingerprint density at radius 3 is 2.82 bits per heavy atom. The van der Waals surface area contributed by atoms with Gasteiger partial charge in [-0.3, -0.25) is 0 Å². The molecule has 1 aliphatic heterocycles. The zero-order valence-electron chi connectivity index (χ0n) is 7.51. The second-order valence-electron chi connectivity index (χ2n) is 3.92. The first-order valence-corrected chi connectivity index (χ1v) is 4.58. The Hall–Kier alpha value is -0.0800. The fraction of sp³-hybridized carbons (Fsp3) is 1.00. The molecule has 1 rings (SSSR count). The molecule has 2 heteroatoms. The number of aliphatic hydroxyl groups is 1. The highest BCUT2D eigenvalue weighted by Gasteiger charge is 2.26.